The van der Waals surface area contributed by atoms with Crippen LogP contribution >= 0.6 is 0 Å². The van der Waals surface area contributed by atoms with Crippen molar-refractivity contribution in [2.45, 2.75) is 6.18 Å². The molecule has 0 saturated carbocycles. The van der Waals surface area contributed by atoms with Crippen molar-refractivity contribution in [1.29, 1.82) is 0 Å². The molecule has 1 amide bonds. The molecule has 0 bridgehead atoms. The van der Waals surface area contributed by atoms with Gasteiger partial charge in [0.05, 0.1) is 5.56 Å². The van der Waals surface area contributed by atoms with Gasteiger partial charge in [-0.2, -0.15) is 18.2 Å². The number of amides is 1. The molecule has 1 heterocycles. The molecule has 0 spiro atoms. The Labute approximate surface area is 138 Å². The summed E-state index contributed by atoms with van der Waals surface area (Å²) < 4.78 is 50.4. The Hall–Kier alpha value is -3.23. The number of hydrogen-bond donors (Lipinski definition) is 2. The minimum atomic E-state index is -4.47. The number of rotatable bonds is 3. The van der Waals surface area contributed by atoms with E-state index in [0.29, 0.717) is 11.4 Å². The van der Waals surface area contributed by atoms with Crippen molar-refractivity contribution in [3.63, 3.8) is 0 Å². The molecule has 0 radical (unpaired) electrons. The van der Waals surface area contributed by atoms with Gasteiger partial charge in [-0.1, -0.05) is 0 Å². The number of benzene rings is 2. The van der Waals surface area contributed by atoms with E-state index in [4.69, 9.17) is 0 Å². The summed E-state index contributed by atoms with van der Waals surface area (Å²) in [7, 11) is 0. The van der Waals surface area contributed by atoms with E-state index in [1.54, 1.807) is 0 Å². The smallest absolute Gasteiger partial charge is 0.289 e. The van der Waals surface area contributed by atoms with E-state index in [1.807, 2.05) is 0 Å². The zero-order chi connectivity index (χ0) is 18.0. The third-order valence-corrected chi connectivity index (χ3v) is 3.30. The fraction of sp³-hybridized carbons (Fsp3) is 0.0625. The quantitative estimate of drug-likeness (QED) is 0.704. The van der Waals surface area contributed by atoms with Crippen LogP contribution in [0.1, 0.15) is 15.9 Å². The average Bonchev–Trinajstić information content (AvgIpc) is 3.03. The fourth-order valence-electron chi connectivity index (χ4n) is 2.04. The number of hydrogen-bond acceptors (Lipinski definition) is 3. The van der Waals surface area contributed by atoms with Crippen molar-refractivity contribution in [3.8, 4) is 11.4 Å². The standard InChI is InChI=1S/C16H10F4N4O/c17-12-7-3-9(4-8-12)13-21-15(24-23-13)22-14(25)10-1-5-11(6-2-10)16(18,19)20/h1-8H,(H2,21,22,23,24,25). The third kappa shape index (κ3) is 3.82. The van der Waals surface area contributed by atoms with Crippen LogP contribution in [-0.2, 0) is 6.18 Å². The molecule has 3 rings (SSSR count). The first kappa shape index (κ1) is 16.6. The van der Waals surface area contributed by atoms with Crippen molar-refractivity contribution in [3.05, 3.63) is 65.5 Å². The second kappa shape index (κ2) is 6.34. The molecule has 0 aliphatic carbocycles. The first-order valence-corrected chi connectivity index (χ1v) is 7.00. The Balaban J connectivity index is 1.72. The number of aromatic amines is 1. The van der Waals surface area contributed by atoms with E-state index in [9.17, 15) is 22.4 Å². The molecule has 0 aliphatic rings. The second-order valence-electron chi connectivity index (χ2n) is 5.04. The summed E-state index contributed by atoms with van der Waals surface area (Å²) in [6.07, 6.45) is -4.47. The van der Waals surface area contributed by atoms with Crippen LogP contribution in [0.2, 0.25) is 0 Å². The van der Waals surface area contributed by atoms with E-state index in [0.717, 1.165) is 24.3 Å². The predicted octanol–water partition coefficient (Wildman–Crippen LogP) is 3.88. The summed E-state index contributed by atoms with van der Waals surface area (Å²) in [6, 6.07) is 9.22. The summed E-state index contributed by atoms with van der Waals surface area (Å²) in [5, 5.41) is 8.75. The molecule has 25 heavy (non-hydrogen) atoms. The summed E-state index contributed by atoms with van der Waals surface area (Å²) in [5.74, 6) is -0.801. The van der Waals surface area contributed by atoms with E-state index in [1.165, 1.54) is 24.3 Å². The average molecular weight is 350 g/mol. The van der Waals surface area contributed by atoms with Gasteiger partial charge < -0.3 is 0 Å². The maximum atomic E-state index is 12.9. The lowest BCUT2D eigenvalue weighted by atomic mass is 10.1. The van der Waals surface area contributed by atoms with Crippen LogP contribution in [0.4, 0.5) is 23.5 Å². The van der Waals surface area contributed by atoms with Crippen molar-refractivity contribution >= 4 is 11.9 Å². The number of halogens is 4. The summed E-state index contributed by atoms with van der Waals surface area (Å²) in [4.78, 5) is 16.1. The van der Waals surface area contributed by atoms with Crippen LogP contribution in [0.3, 0.4) is 0 Å². The Kier molecular flexibility index (Phi) is 4.22. The van der Waals surface area contributed by atoms with Crippen molar-refractivity contribution in [1.82, 2.24) is 15.2 Å². The number of carbonyl (C=O) groups is 1. The van der Waals surface area contributed by atoms with E-state index >= 15 is 0 Å². The number of nitrogens with one attached hydrogen (secondary N) is 2. The highest BCUT2D eigenvalue weighted by molar-refractivity contribution is 6.03. The first-order chi connectivity index (χ1) is 11.8. The molecule has 2 N–H and O–H groups in total. The van der Waals surface area contributed by atoms with Gasteiger partial charge in [-0.25, -0.2) is 4.39 Å². The van der Waals surface area contributed by atoms with Gasteiger partial charge in [-0.15, -0.1) is 5.10 Å². The molecule has 1 aromatic heterocycles. The van der Waals surface area contributed by atoms with Gasteiger partial charge in [-0.3, -0.25) is 15.2 Å². The molecule has 5 nitrogen and oxygen atoms in total. The molecule has 0 atom stereocenters. The van der Waals surface area contributed by atoms with Gasteiger partial charge in [0.1, 0.15) is 5.82 Å². The van der Waals surface area contributed by atoms with Crippen LogP contribution in [0.25, 0.3) is 11.4 Å². The van der Waals surface area contributed by atoms with Crippen LogP contribution in [0.5, 0.6) is 0 Å². The Morgan fingerprint density at radius 2 is 1.64 bits per heavy atom. The first-order valence-electron chi connectivity index (χ1n) is 7.00. The second-order valence-corrected chi connectivity index (χ2v) is 5.04. The van der Waals surface area contributed by atoms with Gasteiger partial charge >= 0.3 is 6.18 Å². The van der Waals surface area contributed by atoms with Crippen LogP contribution < -0.4 is 5.32 Å². The van der Waals surface area contributed by atoms with Crippen LogP contribution in [-0.4, -0.2) is 21.1 Å². The van der Waals surface area contributed by atoms with Gasteiger partial charge in [0.25, 0.3) is 5.91 Å². The van der Waals surface area contributed by atoms with Gasteiger partial charge in [-0.05, 0) is 48.5 Å². The van der Waals surface area contributed by atoms with Crippen LogP contribution in [0, 0.1) is 5.82 Å². The van der Waals surface area contributed by atoms with Crippen molar-refractivity contribution < 1.29 is 22.4 Å². The maximum absolute atomic E-state index is 12.9. The number of carbonyl (C=O) groups excluding carboxylic acids is 1. The van der Waals surface area contributed by atoms with Crippen molar-refractivity contribution in [2.24, 2.45) is 0 Å². The molecular weight excluding hydrogens is 340 g/mol. The summed E-state index contributed by atoms with van der Waals surface area (Å²) in [5.41, 5.74) is -0.259. The molecule has 3 aromatic rings. The zero-order valence-electron chi connectivity index (χ0n) is 12.4. The SMILES string of the molecule is O=C(Nc1n[nH]c(-c2ccc(F)cc2)n1)c1ccc(C(F)(F)F)cc1. The lowest BCUT2D eigenvalue weighted by molar-refractivity contribution is -0.137. The summed E-state index contributed by atoms with van der Waals surface area (Å²) in [6.45, 7) is 0. The largest absolute Gasteiger partial charge is 0.416 e. The number of H-pyrrole nitrogens is 1. The molecule has 0 fully saturated rings. The number of aromatic nitrogens is 3. The minimum Gasteiger partial charge on any atom is -0.289 e. The molecule has 2 aromatic carbocycles. The highest BCUT2D eigenvalue weighted by atomic mass is 19.4. The topological polar surface area (TPSA) is 70.7 Å². The molecule has 0 saturated heterocycles. The Bertz CT molecular complexity index is 886. The highest BCUT2D eigenvalue weighted by Gasteiger charge is 2.30. The van der Waals surface area contributed by atoms with Gasteiger partial charge in [0.15, 0.2) is 5.82 Å². The molecule has 128 valence electrons. The lowest BCUT2D eigenvalue weighted by Crippen LogP contribution is -2.13. The maximum Gasteiger partial charge on any atom is 0.416 e. The minimum absolute atomic E-state index is 0.0288. The van der Waals surface area contributed by atoms with Crippen molar-refractivity contribution in [2.75, 3.05) is 5.32 Å². The zero-order valence-corrected chi connectivity index (χ0v) is 12.4. The highest BCUT2D eigenvalue weighted by Crippen LogP contribution is 2.29. The van der Waals surface area contributed by atoms with Gasteiger partial charge in [0.2, 0.25) is 5.95 Å². The Morgan fingerprint density at radius 1 is 1.00 bits per heavy atom. The monoisotopic (exact) mass is 350 g/mol. The summed E-state index contributed by atoms with van der Waals surface area (Å²) >= 11 is 0. The number of alkyl halides is 3. The molecular formula is C16H10F4N4O. The fourth-order valence-corrected chi connectivity index (χ4v) is 2.04. The third-order valence-electron chi connectivity index (χ3n) is 3.30. The van der Waals surface area contributed by atoms with Gasteiger partial charge in [0, 0.05) is 11.1 Å². The lowest BCUT2D eigenvalue weighted by Gasteiger charge is -2.07. The number of nitrogens with zero attached hydrogens (tertiary/aromatic N) is 2. The van der Waals surface area contributed by atoms with Crippen LogP contribution in [0.15, 0.2) is 48.5 Å². The van der Waals surface area contributed by atoms with E-state index in [2.05, 4.69) is 20.5 Å². The number of anilines is 1. The van der Waals surface area contributed by atoms with E-state index < -0.39 is 23.5 Å². The molecule has 0 unspecified atom stereocenters. The van der Waals surface area contributed by atoms with E-state index in [-0.39, 0.29) is 11.5 Å². The normalized spacial score (nSPS) is 11.4. The Morgan fingerprint density at radius 3 is 2.24 bits per heavy atom. The molecule has 0 aliphatic heterocycles. The predicted molar refractivity (Wildman–Crippen MR) is 81.2 cm³/mol. The molecule has 9 heteroatoms.